The van der Waals surface area contributed by atoms with Crippen LogP contribution in [-0.4, -0.2) is 19.9 Å². The average Bonchev–Trinajstić information content (AvgIpc) is 2.45. The maximum absolute atomic E-state index is 5.85. The van der Waals surface area contributed by atoms with Gasteiger partial charge in [-0.05, 0) is 26.8 Å². The van der Waals surface area contributed by atoms with Crippen LogP contribution in [0.15, 0.2) is 6.07 Å². The van der Waals surface area contributed by atoms with Crippen molar-refractivity contribution in [2.45, 2.75) is 20.8 Å². The van der Waals surface area contributed by atoms with Gasteiger partial charge >= 0.3 is 0 Å². The van der Waals surface area contributed by atoms with E-state index in [9.17, 15) is 0 Å². The van der Waals surface area contributed by atoms with Gasteiger partial charge in [0, 0.05) is 11.4 Å². The summed E-state index contributed by atoms with van der Waals surface area (Å²) in [6.07, 6.45) is 0. The molecule has 2 heterocycles. The maximum Gasteiger partial charge on any atom is 0.197 e. The molecule has 0 saturated heterocycles. The summed E-state index contributed by atoms with van der Waals surface area (Å²) >= 11 is 5.85. The molecule has 0 fully saturated rings. The summed E-state index contributed by atoms with van der Waals surface area (Å²) in [6, 6.07) is 1.72. The molecule has 5 heteroatoms. The Labute approximate surface area is 92.8 Å². The molecule has 2 aromatic heterocycles. The summed E-state index contributed by atoms with van der Waals surface area (Å²) in [6.45, 7) is 5.77. The van der Waals surface area contributed by atoms with Crippen LogP contribution in [0.2, 0.25) is 5.15 Å². The zero-order chi connectivity index (χ0) is 11.0. The zero-order valence-electron chi connectivity index (χ0n) is 8.80. The van der Waals surface area contributed by atoms with Crippen LogP contribution in [0.25, 0.3) is 11.6 Å². The predicted octanol–water partition coefficient (Wildman–Crippen LogP) is 2.45. The van der Waals surface area contributed by atoms with Gasteiger partial charge in [0.05, 0.1) is 5.69 Å². The fourth-order valence-corrected chi connectivity index (χ4v) is 1.53. The standard InChI is InChI=1S/C10H11ClN4/c1-5-4-8(11)15-9(12-5)10-13-6(2)7(3)14-10/h4H,1-3H3,(H,13,14). The molecule has 0 aliphatic carbocycles. The van der Waals surface area contributed by atoms with Crippen LogP contribution in [0.5, 0.6) is 0 Å². The van der Waals surface area contributed by atoms with Crippen molar-refractivity contribution in [3.63, 3.8) is 0 Å². The monoisotopic (exact) mass is 222 g/mol. The second kappa shape index (κ2) is 3.62. The molecule has 0 radical (unpaired) electrons. The highest BCUT2D eigenvalue weighted by molar-refractivity contribution is 6.29. The lowest BCUT2D eigenvalue weighted by atomic mass is 10.4. The molecule has 15 heavy (non-hydrogen) atoms. The Morgan fingerprint density at radius 2 is 1.87 bits per heavy atom. The van der Waals surface area contributed by atoms with Crippen LogP contribution in [-0.2, 0) is 0 Å². The van der Waals surface area contributed by atoms with E-state index in [-0.39, 0.29) is 0 Å². The second-order valence-electron chi connectivity index (χ2n) is 3.45. The van der Waals surface area contributed by atoms with Crippen molar-refractivity contribution in [3.8, 4) is 11.6 Å². The molecule has 2 aromatic rings. The van der Waals surface area contributed by atoms with E-state index in [0.29, 0.717) is 16.8 Å². The predicted molar refractivity (Wildman–Crippen MR) is 58.8 cm³/mol. The third-order valence-corrected chi connectivity index (χ3v) is 2.36. The molecule has 0 aromatic carbocycles. The number of halogens is 1. The number of nitrogens with zero attached hydrogens (tertiary/aromatic N) is 3. The normalized spacial score (nSPS) is 10.7. The first-order valence-corrected chi connectivity index (χ1v) is 4.99. The van der Waals surface area contributed by atoms with Gasteiger partial charge in [0.25, 0.3) is 0 Å². The largest absolute Gasteiger partial charge is 0.339 e. The highest BCUT2D eigenvalue weighted by Gasteiger charge is 2.09. The van der Waals surface area contributed by atoms with Gasteiger partial charge in [-0.3, -0.25) is 0 Å². The number of aromatic amines is 1. The van der Waals surface area contributed by atoms with Crippen molar-refractivity contribution < 1.29 is 0 Å². The fraction of sp³-hybridized carbons (Fsp3) is 0.300. The summed E-state index contributed by atoms with van der Waals surface area (Å²) < 4.78 is 0. The molecular formula is C10H11ClN4. The topological polar surface area (TPSA) is 54.5 Å². The lowest BCUT2D eigenvalue weighted by molar-refractivity contribution is 1.07. The molecule has 0 aliphatic rings. The van der Waals surface area contributed by atoms with Crippen molar-refractivity contribution in [2.24, 2.45) is 0 Å². The molecule has 2 rings (SSSR count). The molecule has 0 amide bonds. The molecule has 0 spiro atoms. The van der Waals surface area contributed by atoms with E-state index < -0.39 is 0 Å². The zero-order valence-corrected chi connectivity index (χ0v) is 9.55. The van der Waals surface area contributed by atoms with Gasteiger partial charge in [0.2, 0.25) is 0 Å². The Morgan fingerprint density at radius 3 is 2.40 bits per heavy atom. The van der Waals surface area contributed by atoms with Crippen molar-refractivity contribution in [1.82, 2.24) is 19.9 Å². The molecular weight excluding hydrogens is 212 g/mol. The Hall–Kier alpha value is -1.42. The summed E-state index contributed by atoms with van der Waals surface area (Å²) in [7, 11) is 0. The number of aryl methyl sites for hydroxylation is 3. The van der Waals surface area contributed by atoms with Crippen LogP contribution < -0.4 is 0 Å². The molecule has 1 N–H and O–H groups in total. The van der Waals surface area contributed by atoms with Gasteiger partial charge in [-0.25, -0.2) is 15.0 Å². The number of rotatable bonds is 1. The molecule has 4 nitrogen and oxygen atoms in total. The van der Waals surface area contributed by atoms with Crippen LogP contribution in [0.3, 0.4) is 0 Å². The summed E-state index contributed by atoms with van der Waals surface area (Å²) in [4.78, 5) is 15.8. The van der Waals surface area contributed by atoms with Gasteiger partial charge in [-0.1, -0.05) is 11.6 Å². The first-order valence-electron chi connectivity index (χ1n) is 4.61. The third-order valence-electron chi connectivity index (χ3n) is 2.16. The second-order valence-corrected chi connectivity index (χ2v) is 3.84. The van der Waals surface area contributed by atoms with E-state index in [1.54, 1.807) is 6.07 Å². The van der Waals surface area contributed by atoms with E-state index in [0.717, 1.165) is 17.1 Å². The minimum atomic E-state index is 0.434. The van der Waals surface area contributed by atoms with Crippen molar-refractivity contribution in [1.29, 1.82) is 0 Å². The molecule has 0 unspecified atom stereocenters. The minimum absolute atomic E-state index is 0.434. The molecule has 0 aliphatic heterocycles. The highest BCUT2D eigenvalue weighted by Crippen LogP contribution is 2.16. The first kappa shape index (κ1) is 10.1. The van der Waals surface area contributed by atoms with Crippen molar-refractivity contribution in [3.05, 3.63) is 28.3 Å². The number of hydrogen-bond acceptors (Lipinski definition) is 3. The van der Waals surface area contributed by atoms with E-state index in [1.807, 2.05) is 20.8 Å². The lowest BCUT2D eigenvalue weighted by Crippen LogP contribution is -1.93. The number of aromatic nitrogens is 4. The van der Waals surface area contributed by atoms with Gasteiger partial charge < -0.3 is 4.98 Å². The summed E-state index contributed by atoms with van der Waals surface area (Å²) in [5, 5.41) is 0.434. The maximum atomic E-state index is 5.85. The summed E-state index contributed by atoms with van der Waals surface area (Å²) in [5.41, 5.74) is 2.80. The first-order chi connectivity index (χ1) is 7.06. The van der Waals surface area contributed by atoms with E-state index >= 15 is 0 Å². The number of H-pyrrole nitrogens is 1. The minimum Gasteiger partial charge on any atom is -0.339 e. The highest BCUT2D eigenvalue weighted by atomic mass is 35.5. The lowest BCUT2D eigenvalue weighted by Gasteiger charge is -1.98. The van der Waals surface area contributed by atoms with Gasteiger partial charge in [0.1, 0.15) is 5.15 Å². The van der Waals surface area contributed by atoms with Crippen LogP contribution in [0, 0.1) is 20.8 Å². The quantitative estimate of drug-likeness (QED) is 0.754. The van der Waals surface area contributed by atoms with Crippen molar-refractivity contribution >= 4 is 11.6 Å². The van der Waals surface area contributed by atoms with Crippen LogP contribution >= 0.6 is 11.6 Å². The number of nitrogens with one attached hydrogen (secondary N) is 1. The Bertz CT molecular complexity index is 464. The SMILES string of the molecule is Cc1cc(Cl)nc(-c2nc(C)c(C)[nH]2)n1. The van der Waals surface area contributed by atoms with E-state index in [2.05, 4.69) is 19.9 Å². The Kier molecular flexibility index (Phi) is 2.44. The summed E-state index contributed by atoms with van der Waals surface area (Å²) in [5.74, 6) is 1.20. The molecule has 0 bridgehead atoms. The van der Waals surface area contributed by atoms with Crippen LogP contribution in [0.1, 0.15) is 17.1 Å². The number of imidazole rings is 1. The van der Waals surface area contributed by atoms with Gasteiger partial charge in [-0.15, -0.1) is 0 Å². The molecule has 0 saturated carbocycles. The fourth-order valence-electron chi connectivity index (χ4n) is 1.29. The Balaban J connectivity index is 2.53. The molecule has 0 atom stereocenters. The smallest absolute Gasteiger partial charge is 0.197 e. The average molecular weight is 223 g/mol. The van der Waals surface area contributed by atoms with Gasteiger partial charge in [-0.2, -0.15) is 0 Å². The van der Waals surface area contributed by atoms with E-state index in [4.69, 9.17) is 11.6 Å². The Morgan fingerprint density at radius 1 is 1.13 bits per heavy atom. The van der Waals surface area contributed by atoms with Crippen LogP contribution in [0.4, 0.5) is 0 Å². The van der Waals surface area contributed by atoms with Gasteiger partial charge in [0.15, 0.2) is 11.6 Å². The van der Waals surface area contributed by atoms with Crippen molar-refractivity contribution in [2.75, 3.05) is 0 Å². The molecule has 78 valence electrons. The van der Waals surface area contributed by atoms with E-state index in [1.165, 1.54) is 0 Å². The number of hydrogen-bond donors (Lipinski definition) is 1. The third kappa shape index (κ3) is 1.99.